The van der Waals surface area contributed by atoms with Crippen LogP contribution in [-0.4, -0.2) is 31.7 Å². The van der Waals surface area contributed by atoms with Crippen molar-refractivity contribution in [3.63, 3.8) is 0 Å². The minimum absolute atomic E-state index is 0.233. The number of para-hydroxylation sites is 1. The molecule has 1 aliphatic rings. The molecular weight excluding hydrogens is 280 g/mol. The third kappa shape index (κ3) is 3.78. The van der Waals surface area contributed by atoms with Crippen LogP contribution in [0, 0.1) is 5.92 Å². The van der Waals surface area contributed by atoms with Gasteiger partial charge in [0.15, 0.2) is 0 Å². The van der Waals surface area contributed by atoms with E-state index in [0.29, 0.717) is 13.0 Å². The number of fused-ring (bicyclic) bond motifs is 1. The van der Waals surface area contributed by atoms with Gasteiger partial charge in [-0.05, 0) is 36.8 Å². The van der Waals surface area contributed by atoms with Crippen LogP contribution in [0.4, 0.5) is 10.5 Å². The van der Waals surface area contributed by atoms with Crippen LogP contribution in [0.1, 0.15) is 32.3 Å². The Kier molecular flexibility index (Phi) is 5.41. The molecule has 0 bridgehead atoms. The number of anilines is 1. The normalized spacial score (nSPS) is 15.2. The van der Waals surface area contributed by atoms with Crippen LogP contribution in [0.25, 0.3) is 0 Å². The van der Waals surface area contributed by atoms with Crippen LogP contribution in [0.15, 0.2) is 24.3 Å². The van der Waals surface area contributed by atoms with Gasteiger partial charge in [-0.2, -0.15) is 0 Å². The first-order valence-electron chi connectivity index (χ1n) is 7.76. The number of rotatable bonds is 4. The average molecular weight is 304 g/mol. The number of hydrogen-bond donors (Lipinski definition) is 1. The number of amides is 2. The topological polar surface area (TPSA) is 58.6 Å². The van der Waals surface area contributed by atoms with E-state index in [0.717, 1.165) is 18.5 Å². The molecular formula is C17H24N2O3. The second-order valence-electron chi connectivity index (χ2n) is 6.04. The summed E-state index contributed by atoms with van der Waals surface area (Å²) in [5.74, 6) is -0.106. The van der Waals surface area contributed by atoms with Gasteiger partial charge in [-0.15, -0.1) is 0 Å². The zero-order valence-electron chi connectivity index (χ0n) is 13.5. The number of carbonyl (C=O) groups excluding carboxylic acids is 2. The maximum absolute atomic E-state index is 12.6. The van der Waals surface area contributed by atoms with Gasteiger partial charge < -0.3 is 10.1 Å². The number of benzene rings is 1. The number of carbonyl (C=O) groups is 2. The molecule has 5 nitrogen and oxygen atoms in total. The highest BCUT2D eigenvalue weighted by Gasteiger charge is 2.27. The lowest BCUT2D eigenvalue weighted by molar-refractivity contribution is -0.143. The molecule has 5 heteroatoms. The molecule has 0 saturated heterocycles. The number of urea groups is 1. The van der Waals surface area contributed by atoms with Crippen molar-refractivity contribution in [2.75, 3.05) is 18.6 Å². The van der Waals surface area contributed by atoms with E-state index in [9.17, 15) is 9.59 Å². The zero-order chi connectivity index (χ0) is 16.1. The fourth-order valence-corrected chi connectivity index (χ4v) is 2.80. The van der Waals surface area contributed by atoms with Crippen molar-refractivity contribution in [2.45, 2.75) is 39.2 Å². The Balaban J connectivity index is 2.12. The molecule has 1 N–H and O–H groups in total. The van der Waals surface area contributed by atoms with E-state index in [2.05, 4.69) is 5.32 Å². The first-order valence-corrected chi connectivity index (χ1v) is 7.76. The molecule has 1 atom stereocenters. The van der Waals surface area contributed by atoms with E-state index in [1.165, 1.54) is 12.7 Å². The fourth-order valence-electron chi connectivity index (χ4n) is 2.80. The van der Waals surface area contributed by atoms with E-state index < -0.39 is 12.0 Å². The number of esters is 1. The number of nitrogens with one attached hydrogen (secondary N) is 1. The van der Waals surface area contributed by atoms with Crippen molar-refractivity contribution < 1.29 is 14.3 Å². The summed E-state index contributed by atoms with van der Waals surface area (Å²) in [6.07, 6.45) is 2.47. The Hall–Kier alpha value is -2.04. The molecule has 2 rings (SSSR count). The number of ether oxygens (including phenoxy) is 1. The molecule has 2 amide bonds. The molecule has 1 aromatic carbocycles. The van der Waals surface area contributed by atoms with Gasteiger partial charge in [-0.3, -0.25) is 4.90 Å². The van der Waals surface area contributed by atoms with Crippen LogP contribution >= 0.6 is 0 Å². The molecule has 0 fully saturated rings. The molecule has 120 valence electrons. The molecule has 0 aliphatic carbocycles. The van der Waals surface area contributed by atoms with E-state index in [-0.39, 0.29) is 11.9 Å². The highest BCUT2D eigenvalue weighted by atomic mass is 16.5. The van der Waals surface area contributed by atoms with E-state index in [1.54, 1.807) is 4.90 Å². The third-order valence-electron chi connectivity index (χ3n) is 3.85. The Morgan fingerprint density at radius 3 is 2.73 bits per heavy atom. The molecule has 0 aromatic heterocycles. The zero-order valence-corrected chi connectivity index (χ0v) is 13.5. The standard InChI is InChI=1S/C17H24N2O3/c1-12(2)11-14(16(20)22-3)18-17(21)19-10-6-8-13-7-4-5-9-15(13)19/h4-5,7,9,12,14H,6,8,10-11H2,1-3H3,(H,18,21)/t14-/m1/s1. The highest BCUT2D eigenvalue weighted by Crippen LogP contribution is 2.26. The summed E-state index contributed by atoms with van der Waals surface area (Å²) in [7, 11) is 1.35. The van der Waals surface area contributed by atoms with Gasteiger partial charge in [0, 0.05) is 12.2 Å². The fraction of sp³-hybridized carbons (Fsp3) is 0.529. The van der Waals surface area contributed by atoms with Crippen molar-refractivity contribution in [2.24, 2.45) is 5.92 Å². The molecule has 1 heterocycles. The SMILES string of the molecule is COC(=O)[C@@H](CC(C)C)NC(=O)N1CCCc2ccccc21. The maximum atomic E-state index is 12.6. The van der Waals surface area contributed by atoms with Gasteiger partial charge in [0.25, 0.3) is 0 Å². The van der Waals surface area contributed by atoms with Crippen LogP contribution in [-0.2, 0) is 16.0 Å². The lowest BCUT2D eigenvalue weighted by Gasteiger charge is -2.31. The summed E-state index contributed by atoms with van der Waals surface area (Å²) in [6.45, 7) is 4.69. The van der Waals surface area contributed by atoms with Crippen LogP contribution in [0.2, 0.25) is 0 Å². The molecule has 0 unspecified atom stereocenters. The van der Waals surface area contributed by atoms with E-state index in [4.69, 9.17) is 4.74 Å². The lowest BCUT2D eigenvalue weighted by Crippen LogP contribution is -2.50. The maximum Gasteiger partial charge on any atom is 0.328 e. The Bertz CT molecular complexity index is 542. The van der Waals surface area contributed by atoms with Crippen LogP contribution < -0.4 is 10.2 Å². The number of methoxy groups -OCH3 is 1. The summed E-state index contributed by atoms with van der Waals surface area (Å²) < 4.78 is 4.80. The monoisotopic (exact) mass is 304 g/mol. The second-order valence-corrected chi connectivity index (χ2v) is 6.04. The number of aryl methyl sites for hydroxylation is 1. The van der Waals surface area contributed by atoms with Crippen molar-refractivity contribution >= 4 is 17.7 Å². The smallest absolute Gasteiger partial charge is 0.328 e. The summed E-state index contributed by atoms with van der Waals surface area (Å²) in [4.78, 5) is 26.2. The van der Waals surface area contributed by atoms with Gasteiger partial charge >= 0.3 is 12.0 Å². The van der Waals surface area contributed by atoms with Crippen molar-refractivity contribution in [1.29, 1.82) is 0 Å². The Morgan fingerprint density at radius 1 is 1.32 bits per heavy atom. The van der Waals surface area contributed by atoms with Crippen molar-refractivity contribution in [3.8, 4) is 0 Å². The number of hydrogen-bond acceptors (Lipinski definition) is 3. The molecule has 0 radical (unpaired) electrons. The first kappa shape index (κ1) is 16.3. The highest BCUT2D eigenvalue weighted by molar-refractivity contribution is 5.95. The van der Waals surface area contributed by atoms with Crippen LogP contribution in [0.3, 0.4) is 0 Å². The minimum Gasteiger partial charge on any atom is -0.467 e. The Morgan fingerprint density at radius 2 is 2.05 bits per heavy atom. The van der Waals surface area contributed by atoms with Crippen molar-refractivity contribution in [1.82, 2.24) is 5.32 Å². The minimum atomic E-state index is -0.605. The third-order valence-corrected chi connectivity index (χ3v) is 3.85. The Labute approximate surface area is 131 Å². The lowest BCUT2D eigenvalue weighted by atomic mass is 10.0. The molecule has 22 heavy (non-hydrogen) atoms. The first-order chi connectivity index (χ1) is 10.5. The predicted molar refractivity (Wildman–Crippen MR) is 85.9 cm³/mol. The van der Waals surface area contributed by atoms with Gasteiger partial charge in [-0.1, -0.05) is 32.0 Å². The van der Waals surface area contributed by atoms with Crippen molar-refractivity contribution in [3.05, 3.63) is 29.8 Å². The van der Waals surface area contributed by atoms with Gasteiger partial charge in [-0.25, -0.2) is 9.59 Å². The predicted octanol–water partition coefficient (Wildman–Crippen LogP) is 2.74. The molecule has 0 spiro atoms. The second kappa shape index (κ2) is 7.29. The largest absolute Gasteiger partial charge is 0.467 e. The van der Waals surface area contributed by atoms with Gasteiger partial charge in [0.2, 0.25) is 0 Å². The molecule has 1 aliphatic heterocycles. The van der Waals surface area contributed by atoms with Crippen LogP contribution in [0.5, 0.6) is 0 Å². The molecule has 0 saturated carbocycles. The van der Waals surface area contributed by atoms with E-state index in [1.807, 2.05) is 38.1 Å². The molecule has 1 aromatic rings. The number of nitrogens with zero attached hydrogens (tertiary/aromatic N) is 1. The van der Waals surface area contributed by atoms with E-state index >= 15 is 0 Å². The quantitative estimate of drug-likeness (QED) is 0.870. The average Bonchev–Trinajstić information content (AvgIpc) is 2.52. The van der Waals surface area contributed by atoms with Gasteiger partial charge in [0.1, 0.15) is 6.04 Å². The van der Waals surface area contributed by atoms with Gasteiger partial charge in [0.05, 0.1) is 7.11 Å². The summed E-state index contributed by atoms with van der Waals surface area (Å²) in [6, 6.07) is 7.06. The summed E-state index contributed by atoms with van der Waals surface area (Å²) >= 11 is 0. The summed E-state index contributed by atoms with van der Waals surface area (Å²) in [5, 5.41) is 2.82. The summed E-state index contributed by atoms with van der Waals surface area (Å²) in [5.41, 5.74) is 2.10.